The second-order valence-corrected chi connectivity index (χ2v) is 7.79. The van der Waals surface area contributed by atoms with Gasteiger partial charge in [0.2, 0.25) is 0 Å². The minimum Gasteiger partial charge on any atom is -0.303 e. The summed E-state index contributed by atoms with van der Waals surface area (Å²) in [5.74, 6) is 0. The van der Waals surface area contributed by atoms with Crippen molar-refractivity contribution in [2.75, 3.05) is 6.26 Å². The van der Waals surface area contributed by atoms with E-state index in [0.717, 1.165) is 4.90 Å². The van der Waals surface area contributed by atoms with Crippen molar-refractivity contribution in [3.8, 4) is 0 Å². The van der Waals surface area contributed by atoms with E-state index in [1.54, 1.807) is 6.26 Å². The lowest BCUT2D eigenvalue weighted by Crippen LogP contribution is -2.25. The highest BCUT2D eigenvalue weighted by atomic mass is 32.2. The number of benzene rings is 2. The normalized spacial score (nSPS) is 20.3. The number of fused-ring (bicyclic) bond motifs is 1. The van der Waals surface area contributed by atoms with Crippen LogP contribution in [0.2, 0.25) is 0 Å². The first kappa shape index (κ1) is 16.4. The second kappa shape index (κ2) is 7.41. The fourth-order valence-corrected chi connectivity index (χ4v) is 3.96. The lowest BCUT2D eigenvalue weighted by molar-refractivity contribution is 0.437. The Hall–Kier alpha value is -1.45. The monoisotopic (exact) mass is 327 g/mol. The molecule has 122 valence electrons. The van der Waals surface area contributed by atoms with Gasteiger partial charge >= 0.3 is 0 Å². The summed E-state index contributed by atoms with van der Waals surface area (Å²) in [5, 5.41) is 3.80. The Morgan fingerprint density at radius 2 is 1.83 bits per heavy atom. The van der Waals surface area contributed by atoms with Crippen LogP contribution in [-0.4, -0.2) is 10.5 Å². The maximum Gasteiger partial charge on any atom is 0.0498 e. The molecule has 3 heteroatoms. The Morgan fingerprint density at radius 3 is 2.57 bits per heavy atom. The molecule has 1 aliphatic carbocycles. The molecule has 0 spiro atoms. The molecule has 0 fully saturated rings. The summed E-state index contributed by atoms with van der Waals surface area (Å²) in [6.07, 6.45) is 6.66. The van der Waals surface area contributed by atoms with Gasteiger partial charge in [0.25, 0.3) is 0 Å². The van der Waals surface area contributed by atoms with Gasteiger partial charge in [-0.05, 0) is 55.0 Å². The molecule has 0 heterocycles. The van der Waals surface area contributed by atoms with Gasteiger partial charge in [0, 0.05) is 34.0 Å². The summed E-state index contributed by atoms with van der Waals surface area (Å²) in [6.45, 7) is 2.21. The zero-order chi connectivity index (χ0) is 16.2. The third-order valence-corrected chi connectivity index (χ3v) is 5.72. The molecule has 0 radical (unpaired) electrons. The van der Waals surface area contributed by atoms with Crippen LogP contribution in [0.5, 0.6) is 0 Å². The van der Waals surface area contributed by atoms with Crippen molar-refractivity contribution in [2.45, 2.75) is 49.6 Å². The van der Waals surface area contributed by atoms with E-state index in [0.29, 0.717) is 6.04 Å². The lowest BCUT2D eigenvalue weighted by atomic mass is 9.97. The number of rotatable bonds is 4. The molecular weight excluding hydrogens is 302 g/mol. The van der Waals surface area contributed by atoms with E-state index in [9.17, 15) is 4.21 Å². The highest BCUT2D eigenvalue weighted by molar-refractivity contribution is 7.84. The van der Waals surface area contributed by atoms with E-state index < -0.39 is 10.8 Å². The fraction of sp³-hybridized carbons (Fsp3) is 0.400. The average molecular weight is 327 g/mol. The molecule has 1 N–H and O–H groups in total. The van der Waals surface area contributed by atoms with Crippen LogP contribution in [0.4, 0.5) is 0 Å². The molecular formula is C20H25NOS. The highest BCUT2D eigenvalue weighted by Gasteiger charge is 2.20. The number of aryl methyl sites for hydroxylation is 1. The van der Waals surface area contributed by atoms with Crippen LogP contribution < -0.4 is 5.32 Å². The summed E-state index contributed by atoms with van der Waals surface area (Å²) in [5.41, 5.74) is 4.20. The average Bonchev–Trinajstić information content (AvgIpc) is 2.77. The minimum absolute atomic E-state index is 0.283. The zero-order valence-corrected chi connectivity index (χ0v) is 14.7. The van der Waals surface area contributed by atoms with Gasteiger partial charge in [0.1, 0.15) is 0 Å². The van der Waals surface area contributed by atoms with Crippen molar-refractivity contribution in [1.82, 2.24) is 5.32 Å². The van der Waals surface area contributed by atoms with E-state index in [2.05, 4.69) is 48.6 Å². The lowest BCUT2D eigenvalue weighted by Gasteiger charge is -2.24. The maximum absolute atomic E-state index is 11.5. The number of hydrogen-bond acceptors (Lipinski definition) is 2. The van der Waals surface area contributed by atoms with E-state index in [4.69, 9.17) is 0 Å². The Bertz CT molecular complexity index is 680. The third-order valence-electron chi connectivity index (χ3n) is 4.78. The number of hydrogen-bond donors (Lipinski definition) is 1. The van der Waals surface area contributed by atoms with Crippen molar-refractivity contribution in [1.29, 1.82) is 0 Å². The van der Waals surface area contributed by atoms with E-state index in [-0.39, 0.29) is 6.04 Å². The van der Waals surface area contributed by atoms with Crippen LogP contribution in [0, 0.1) is 0 Å². The summed E-state index contributed by atoms with van der Waals surface area (Å²) in [7, 11) is -0.909. The molecule has 0 bridgehead atoms. The SMILES string of the molecule is C[C@H](N[C@@H]1CCCCc2ccccc21)c1ccc([S@](C)=O)cc1. The van der Waals surface area contributed by atoms with Crippen LogP contribution in [0.15, 0.2) is 53.4 Å². The van der Waals surface area contributed by atoms with E-state index in [1.807, 2.05) is 12.1 Å². The highest BCUT2D eigenvalue weighted by Crippen LogP contribution is 2.30. The van der Waals surface area contributed by atoms with Crippen LogP contribution in [0.3, 0.4) is 0 Å². The smallest absolute Gasteiger partial charge is 0.0498 e. The maximum atomic E-state index is 11.5. The predicted octanol–water partition coefficient (Wildman–Crippen LogP) is 4.54. The first-order valence-electron chi connectivity index (χ1n) is 8.42. The molecule has 0 aliphatic heterocycles. The van der Waals surface area contributed by atoms with Crippen LogP contribution in [0.25, 0.3) is 0 Å². The molecule has 2 nitrogen and oxygen atoms in total. The molecule has 3 rings (SSSR count). The van der Waals surface area contributed by atoms with Gasteiger partial charge in [-0.25, -0.2) is 0 Å². The minimum atomic E-state index is -0.909. The molecule has 3 atom stereocenters. The Labute approximate surface area is 141 Å². The predicted molar refractivity (Wildman–Crippen MR) is 97.1 cm³/mol. The van der Waals surface area contributed by atoms with Gasteiger partial charge in [-0.1, -0.05) is 42.8 Å². The van der Waals surface area contributed by atoms with Crippen molar-refractivity contribution in [3.63, 3.8) is 0 Å². The zero-order valence-electron chi connectivity index (χ0n) is 13.9. The van der Waals surface area contributed by atoms with Crippen molar-refractivity contribution in [3.05, 3.63) is 65.2 Å². The molecule has 0 saturated carbocycles. The molecule has 0 aromatic heterocycles. The molecule has 0 unspecified atom stereocenters. The summed E-state index contributed by atoms with van der Waals surface area (Å²) < 4.78 is 11.5. The standard InChI is InChI=1S/C20H25NOS/c1-15(16-11-13-18(14-12-16)23(2)22)21-20-10-6-4-8-17-7-3-5-9-19(17)20/h3,5,7,9,11-15,20-21H,4,6,8,10H2,1-2H3/t15-,20+,23-/m0/s1. The van der Waals surface area contributed by atoms with Gasteiger partial charge in [0.15, 0.2) is 0 Å². The van der Waals surface area contributed by atoms with Gasteiger partial charge in [-0.2, -0.15) is 0 Å². The second-order valence-electron chi connectivity index (χ2n) is 6.41. The Morgan fingerprint density at radius 1 is 1.09 bits per heavy atom. The quantitative estimate of drug-likeness (QED) is 0.835. The molecule has 1 aliphatic rings. The van der Waals surface area contributed by atoms with Crippen LogP contribution in [0.1, 0.15) is 55.0 Å². The third kappa shape index (κ3) is 3.91. The topological polar surface area (TPSA) is 29.1 Å². The van der Waals surface area contributed by atoms with Crippen LogP contribution in [-0.2, 0) is 17.2 Å². The molecule has 23 heavy (non-hydrogen) atoms. The van der Waals surface area contributed by atoms with Crippen molar-refractivity contribution in [2.24, 2.45) is 0 Å². The first-order chi connectivity index (χ1) is 11.1. The fourth-order valence-electron chi connectivity index (χ4n) is 3.44. The Balaban J connectivity index is 1.77. The van der Waals surface area contributed by atoms with Gasteiger partial charge in [-0.15, -0.1) is 0 Å². The van der Waals surface area contributed by atoms with E-state index in [1.165, 1.54) is 42.4 Å². The van der Waals surface area contributed by atoms with Crippen LogP contribution >= 0.6 is 0 Å². The molecule has 0 saturated heterocycles. The first-order valence-corrected chi connectivity index (χ1v) is 9.98. The van der Waals surface area contributed by atoms with Crippen molar-refractivity contribution < 1.29 is 4.21 Å². The molecule has 2 aromatic rings. The van der Waals surface area contributed by atoms with Gasteiger partial charge < -0.3 is 5.32 Å². The van der Waals surface area contributed by atoms with Gasteiger partial charge in [0.05, 0.1) is 0 Å². The van der Waals surface area contributed by atoms with Gasteiger partial charge in [-0.3, -0.25) is 4.21 Å². The molecule has 0 amide bonds. The summed E-state index contributed by atoms with van der Waals surface area (Å²) in [4.78, 5) is 0.890. The number of nitrogens with one attached hydrogen (secondary N) is 1. The van der Waals surface area contributed by atoms with Crippen molar-refractivity contribution >= 4 is 10.8 Å². The summed E-state index contributed by atoms with van der Waals surface area (Å²) >= 11 is 0. The van der Waals surface area contributed by atoms with E-state index >= 15 is 0 Å². The summed E-state index contributed by atoms with van der Waals surface area (Å²) in [6, 6.07) is 17.7. The molecule has 2 aromatic carbocycles. The largest absolute Gasteiger partial charge is 0.303 e. The Kier molecular flexibility index (Phi) is 5.29.